The average molecular weight is 299 g/mol. The lowest BCUT2D eigenvalue weighted by Gasteiger charge is -2.25. The van der Waals surface area contributed by atoms with Gasteiger partial charge < -0.3 is 4.74 Å². The monoisotopic (exact) mass is 299 g/mol. The SMILES string of the molecule is COCCN(Cc1ccnn1C)CC1Cc2ccccc2C1. The molecule has 4 nitrogen and oxygen atoms in total. The molecule has 0 aliphatic heterocycles. The summed E-state index contributed by atoms with van der Waals surface area (Å²) in [6.45, 7) is 3.79. The lowest BCUT2D eigenvalue weighted by atomic mass is 10.1. The molecule has 3 rings (SSSR count). The fourth-order valence-corrected chi connectivity index (χ4v) is 3.39. The molecule has 4 heteroatoms. The number of hydrogen-bond donors (Lipinski definition) is 0. The van der Waals surface area contributed by atoms with Crippen LogP contribution < -0.4 is 0 Å². The molecule has 1 aliphatic rings. The van der Waals surface area contributed by atoms with Gasteiger partial charge in [0.1, 0.15) is 0 Å². The minimum absolute atomic E-state index is 0.711. The second kappa shape index (κ2) is 7.07. The fraction of sp³-hybridized carbons (Fsp3) is 0.500. The van der Waals surface area contributed by atoms with Gasteiger partial charge >= 0.3 is 0 Å². The Balaban J connectivity index is 1.62. The van der Waals surface area contributed by atoms with E-state index in [9.17, 15) is 0 Å². The maximum atomic E-state index is 5.28. The van der Waals surface area contributed by atoms with E-state index in [0.717, 1.165) is 26.2 Å². The highest BCUT2D eigenvalue weighted by Crippen LogP contribution is 2.27. The summed E-state index contributed by atoms with van der Waals surface area (Å²) < 4.78 is 7.25. The van der Waals surface area contributed by atoms with Gasteiger partial charge in [0.05, 0.1) is 12.3 Å². The zero-order valence-corrected chi connectivity index (χ0v) is 13.5. The summed E-state index contributed by atoms with van der Waals surface area (Å²) in [6, 6.07) is 11.0. The first kappa shape index (κ1) is 15.3. The maximum Gasteiger partial charge on any atom is 0.0589 e. The molecule has 1 aliphatic carbocycles. The molecule has 1 heterocycles. The number of ether oxygens (including phenoxy) is 1. The minimum Gasteiger partial charge on any atom is -0.383 e. The fourth-order valence-electron chi connectivity index (χ4n) is 3.39. The van der Waals surface area contributed by atoms with Gasteiger partial charge in [-0.3, -0.25) is 9.58 Å². The van der Waals surface area contributed by atoms with E-state index in [2.05, 4.69) is 40.3 Å². The third kappa shape index (κ3) is 3.57. The number of aromatic nitrogens is 2. The van der Waals surface area contributed by atoms with E-state index >= 15 is 0 Å². The molecule has 0 saturated heterocycles. The van der Waals surface area contributed by atoms with Crippen LogP contribution in [0.3, 0.4) is 0 Å². The first-order valence-electron chi connectivity index (χ1n) is 8.01. The van der Waals surface area contributed by atoms with Gasteiger partial charge in [0, 0.05) is 40.0 Å². The van der Waals surface area contributed by atoms with Crippen molar-refractivity contribution in [2.75, 3.05) is 26.8 Å². The molecule has 22 heavy (non-hydrogen) atoms. The normalized spacial score (nSPS) is 14.7. The van der Waals surface area contributed by atoms with Crippen LogP contribution in [0.2, 0.25) is 0 Å². The van der Waals surface area contributed by atoms with E-state index in [1.165, 1.54) is 29.7 Å². The summed E-state index contributed by atoms with van der Waals surface area (Å²) in [5.74, 6) is 0.711. The number of hydrogen-bond acceptors (Lipinski definition) is 3. The van der Waals surface area contributed by atoms with Crippen molar-refractivity contribution < 1.29 is 4.74 Å². The number of benzene rings is 1. The number of aryl methyl sites for hydroxylation is 1. The van der Waals surface area contributed by atoms with Crippen molar-refractivity contribution in [3.63, 3.8) is 0 Å². The van der Waals surface area contributed by atoms with Gasteiger partial charge in [0.25, 0.3) is 0 Å². The Kier molecular flexibility index (Phi) is 4.90. The number of nitrogens with zero attached hydrogens (tertiary/aromatic N) is 3. The molecule has 1 aromatic heterocycles. The quantitative estimate of drug-likeness (QED) is 0.786. The van der Waals surface area contributed by atoms with Gasteiger partial charge in [-0.25, -0.2) is 0 Å². The van der Waals surface area contributed by atoms with Crippen molar-refractivity contribution in [3.05, 3.63) is 53.3 Å². The smallest absolute Gasteiger partial charge is 0.0589 e. The van der Waals surface area contributed by atoms with Crippen molar-refractivity contribution in [1.82, 2.24) is 14.7 Å². The second-order valence-electron chi connectivity index (χ2n) is 6.22. The standard InChI is InChI=1S/C18H25N3O/c1-20-18(7-8-19-20)14-21(9-10-22-2)13-15-11-16-5-3-4-6-17(16)12-15/h3-8,15H,9-14H2,1-2H3. The highest BCUT2D eigenvalue weighted by atomic mass is 16.5. The van der Waals surface area contributed by atoms with Crippen molar-refractivity contribution in [2.45, 2.75) is 19.4 Å². The zero-order chi connectivity index (χ0) is 15.4. The van der Waals surface area contributed by atoms with Crippen LogP contribution >= 0.6 is 0 Å². The van der Waals surface area contributed by atoms with Gasteiger partial charge in [-0.2, -0.15) is 5.10 Å². The van der Waals surface area contributed by atoms with Crippen LogP contribution in [0, 0.1) is 5.92 Å². The molecule has 118 valence electrons. The molecule has 0 fully saturated rings. The van der Waals surface area contributed by atoms with Crippen molar-refractivity contribution in [2.24, 2.45) is 13.0 Å². The van der Waals surface area contributed by atoms with E-state index in [-0.39, 0.29) is 0 Å². The highest BCUT2D eigenvalue weighted by Gasteiger charge is 2.23. The third-order valence-corrected chi connectivity index (χ3v) is 4.57. The highest BCUT2D eigenvalue weighted by molar-refractivity contribution is 5.32. The van der Waals surface area contributed by atoms with Crippen LogP contribution in [-0.4, -0.2) is 41.5 Å². The van der Waals surface area contributed by atoms with Crippen molar-refractivity contribution >= 4 is 0 Å². The molecule has 0 bridgehead atoms. The summed E-state index contributed by atoms with van der Waals surface area (Å²) in [7, 11) is 3.78. The van der Waals surface area contributed by atoms with Crippen LogP contribution in [0.4, 0.5) is 0 Å². The van der Waals surface area contributed by atoms with E-state index in [4.69, 9.17) is 4.74 Å². The molecular formula is C18H25N3O. The predicted octanol–water partition coefficient (Wildman–Crippen LogP) is 2.28. The summed E-state index contributed by atoms with van der Waals surface area (Å²) in [4.78, 5) is 2.50. The first-order valence-corrected chi connectivity index (χ1v) is 8.01. The molecule has 2 aromatic rings. The maximum absolute atomic E-state index is 5.28. The zero-order valence-electron chi connectivity index (χ0n) is 13.5. The Bertz CT molecular complexity index is 583. The molecule has 0 unspecified atom stereocenters. The minimum atomic E-state index is 0.711. The van der Waals surface area contributed by atoms with Crippen LogP contribution in [0.1, 0.15) is 16.8 Å². The molecule has 0 atom stereocenters. The summed E-state index contributed by atoms with van der Waals surface area (Å²) in [5, 5.41) is 4.27. The van der Waals surface area contributed by atoms with Gasteiger partial charge in [0.15, 0.2) is 0 Å². The first-order chi connectivity index (χ1) is 10.8. The molecule has 0 spiro atoms. The van der Waals surface area contributed by atoms with Crippen LogP contribution in [0.15, 0.2) is 36.5 Å². The Labute approximate surface area is 132 Å². The van der Waals surface area contributed by atoms with Crippen LogP contribution in [0.5, 0.6) is 0 Å². The van der Waals surface area contributed by atoms with Gasteiger partial charge in [-0.15, -0.1) is 0 Å². The average Bonchev–Trinajstić information content (AvgIpc) is 3.10. The Morgan fingerprint density at radius 3 is 2.55 bits per heavy atom. The van der Waals surface area contributed by atoms with Gasteiger partial charge in [-0.1, -0.05) is 24.3 Å². The van der Waals surface area contributed by atoms with E-state index < -0.39 is 0 Å². The summed E-state index contributed by atoms with van der Waals surface area (Å²) in [6.07, 6.45) is 4.27. The van der Waals surface area contributed by atoms with Gasteiger partial charge in [0.2, 0.25) is 0 Å². The topological polar surface area (TPSA) is 30.3 Å². The van der Waals surface area contributed by atoms with Gasteiger partial charge in [-0.05, 0) is 36.0 Å². The number of methoxy groups -OCH3 is 1. The predicted molar refractivity (Wildman–Crippen MR) is 87.7 cm³/mol. The van der Waals surface area contributed by atoms with Crippen LogP contribution in [0.25, 0.3) is 0 Å². The van der Waals surface area contributed by atoms with Crippen LogP contribution in [-0.2, 0) is 31.2 Å². The Hall–Kier alpha value is -1.65. The molecular weight excluding hydrogens is 274 g/mol. The largest absolute Gasteiger partial charge is 0.383 e. The van der Waals surface area contributed by atoms with Crippen molar-refractivity contribution in [3.8, 4) is 0 Å². The molecule has 1 aromatic carbocycles. The molecule has 0 amide bonds. The molecule has 0 N–H and O–H groups in total. The van der Waals surface area contributed by atoms with E-state index in [1.54, 1.807) is 7.11 Å². The van der Waals surface area contributed by atoms with Crippen molar-refractivity contribution in [1.29, 1.82) is 0 Å². The number of fused-ring (bicyclic) bond motifs is 1. The lowest BCUT2D eigenvalue weighted by Crippen LogP contribution is -2.33. The lowest BCUT2D eigenvalue weighted by molar-refractivity contribution is 0.131. The summed E-state index contributed by atoms with van der Waals surface area (Å²) >= 11 is 0. The molecule has 0 radical (unpaired) electrons. The number of rotatable bonds is 7. The Morgan fingerprint density at radius 1 is 1.23 bits per heavy atom. The second-order valence-corrected chi connectivity index (χ2v) is 6.22. The van der Waals surface area contributed by atoms with E-state index in [0.29, 0.717) is 5.92 Å². The summed E-state index contributed by atoms with van der Waals surface area (Å²) in [5.41, 5.74) is 4.31. The Morgan fingerprint density at radius 2 is 1.95 bits per heavy atom. The van der Waals surface area contributed by atoms with E-state index in [1.807, 2.05) is 17.9 Å². The third-order valence-electron chi connectivity index (χ3n) is 4.57. The molecule has 0 saturated carbocycles.